The van der Waals surface area contributed by atoms with Gasteiger partial charge in [0.1, 0.15) is 0 Å². The Morgan fingerprint density at radius 2 is 0.871 bits per heavy atom. The molecule has 158 valence electrons. The van der Waals surface area contributed by atoms with Crippen molar-refractivity contribution < 1.29 is 19.8 Å². The minimum atomic E-state index is -3.82. The van der Waals surface area contributed by atoms with Crippen molar-refractivity contribution in [2.45, 2.75) is 0 Å². The Morgan fingerprint density at radius 1 is 0.516 bits per heavy atom. The number of hydrogen-bond donors (Lipinski definition) is 3. The van der Waals surface area contributed by atoms with Crippen LogP contribution in [0.2, 0.25) is 0 Å². The molecule has 4 aromatic rings. The second-order valence-electron chi connectivity index (χ2n) is 7.30. The summed E-state index contributed by atoms with van der Waals surface area (Å²) in [5.74, 6) is 0.323. The molecule has 4 aromatic carbocycles. The Kier molecular flexibility index (Phi) is 5.79. The van der Waals surface area contributed by atoms with Crippen molar-refractivity contribution in [1.82, 2.24) is 0 Å². The van der Waals surface area contributed by atoms with Crippen LogP contribution in [0, 0.1) is 0 Å². The average molecular weight is 432 g/mol. The quantitative estimate of drug-likeness (QED) is 0.393. The van der Waals surface area contributed by atoms with Crippen molar-refractivity contribution in [3.63, 3.8) is 0 Å². The second kappa shape index (κ2) is 8.52. The van der Waals surface area contributed by atoms with Gasteiger partial charge in [0.2, 0.25) is 0 Å². The second-order valence-corrected chi connectivity index (χ2v) is 11.7. The van der Waals surface area contributed by atoms with Gasteiger partial charge in [-0.25, -0.2) is 0 Å². The van der Waals surface area contributed by atoms with E-state index >= 15 is 0 Å². The first-order valence-electron chi connectivity index (χ1n) is 10.1. The molecular weight excluding hydrogens is 407 g/mol. The molecule has 0 fully saturated rings. The number of aromatic hydroxyl groups is 2. The Labute approximate surface area is 182 Å². The number of phenols is 2. The summed E-state index contributed by atoms with van der Waals surface area (Å²) in [7, 11) is 0. The summed E-state index contributed by atoms with van der Waals surface area (Å²) in [6.07, 6.45) is 0. The van der Waals surface area contributed by atoms with Crippen LogP contribution in [-0.2, 0) is 4.52 Å². The first-order valence-corrected chi connectivity index (χ1v) is 12.2. The van der Waals surface area contributed by atoms with Crippen molar-refractivity contribution in [3.05, 3.63) is 109 Å². The van der Waals surface area contributed by atoms with E-state index in [4.69, 9.17) is 4.52 Å². The molecule has 0 aliphatic rings. The molecule has 0 amide bonds. The van der Waals surface area contributed by atoms with Crippen LogP contribution in [0.5, 0.6) is 11.5 Å². The van der Waals surface area contributed by atoms with Gasteiger partial charge < -0.3 is 0 Å². The molecule has 0 atom stereocenters. The van der Waals surface area contributed by atoms with Crippen LogP contribution in [0.3, 0.4) is 0 Å². The van der Waals surface area contributed by atoms with Crippen LogP contribution < -0.4 is 21.2 Å². The molecule has 0 saturated heterocycles. The molecule has 0 radical (unpaired) electrons. The third-order valence-corrected chi connectivity index (χ3v) is 11.5. The zero-order valence-electron chi connectivity index (χ0n) is 17.0. The molecule has 4 nitrogen and oxygen atoms in total. The maximum atomic E-state index is 10.0. The molecule has 5 heteroatoms. The van der Waals surface area contributed by atoms with E-state index in [2.05, 4.69) is 0 Å². The van der Waals surface area contributed by atoms with Gasteiger partial charge in [-0.2, -0.15) is 0 Å². The third kappa shape index (κ3) is 3.30. The van der Waals surface area contributed by atoms with Crippen molar-refractivity contribution in [2.24, 2.45) is 0 Å². The van der Waals surface area contributed by atoms with Crippen LogP contribution in [-0.4, -0.2) is 28.5 Å². The molecule has 0 unspecified atom stereocenters. The van der Waals surface area contributed by atoms with Crippen LogP contribution in [0.1, 0.15) is 0 Å². The molecule has 31 heavy (non-hydrogen) atoms. The van der Waals surface area contributed by atoms with Crippen LogP contribution in [0.15, 0.2) is 109 Å². The van der Waals surface area contributed by atoms with Crippen molar-refractivity contribution in [3.8, 4) is 11.5 Å². The van der Waals surface area contributed by atoms with E-state index in [0.29, 0.717) is 0 Å². The number of aliphatic hydroxyl groups is 1. The van der Waals surface area contributed by atoms with Gasteiger partial charge in [-0.1, -0.05) is 0 Å². The molecule has 0 aromatic heterocycles. The fourth-order valence-electron chi connectivity index (χ4n) is 4.32. The van der Waals surface area contributed by atoms with Gasteiger partial charge >= 0.3 is 182 Å². The predicted molar refractivity (Wildman–Crippen MR) is 128 cm³/mol. The summed E-state index contributed by atoms with van der Waals surface area (Å²) in [5, 5.41) is 33.6. The molecular formula is C26H25O4P. The summed E-state index contributed by atoms with van der Waals surface area (Å²) >= 11 is 0. The molecule has 0 spiro atoms. The SMILES string of the molecule is OCCOP(c1ccccc1)(c1ccccc1)(c1ccc(O)cc1)c1ccc(O)cc1. The number of hydrogen-bond acceptors (Lipinski definition) is 4. The normalized spacial score (nSPS) is 12.7. The van der Waals surface area contributed by atoms with Gasteiger partial charge in [0.25, 0.3) is 0 Å². The summed E-state index contributed by atoms with van der Waals surface area (Å²) < 4.78 is 6.91. The van der Waals surface area contributed by atoms with E-state index in [1.807, 2.05) is 84.9 Å². The monoisotopic (exact) mass is 432 g/mol. The van der Waals surface area contributed by atoms with Crippen molar-refractivity contribution >= 4 is 28.0 Å². The first-order chi connectivity index (χ1) is 15.1. The van der Waals surface area contributed by atoms with E-state index in [0.717, 1.165) is 21.2 Å². The van der Waals surface area contributed by atoms with Crippen molar-refractivity contribution in [1.29, 1.82) is 0 Å². The van der Waals surface area contributed by atoms with Crippen LogP contribution >= 0.6 is 6.83 Å². The number of benzene rings is 4. The molecule has 0 saturated carbocycles. The first kappa shape index (κ1) is 21.1. The van der Waals surface area contributed by atoms with Crippen LogP contribution in [0.4, 0.5) is 0 Å². The van der Waals surface area contributed by atoms with E-state index in [9.17, 15) is 15.3 Å². The average Bonchev–Trinajstić information content (AvgIpc) is 2.83. The topological polar surface area (TPSA) is 69.9 Å². The zero-order valence-corrected chi connectivity index (χ0v) is 17.9. The Hall–Kier alpha value is -3.17. The number of rotatable bonds is 7. The number of phenolic OH excluding ortho intramolecular Hbond substituents is 2. The summed E-state index contributed by atoms with van der Waals surface area (Å²) in [6, 6.07) is 34.2. The number of aliphatic hydroxyl groups excluding tert-OH is 1. The summed E-state index contributed by atoms with van der Waals surface area (Å²) in [4.78, 5) is 0. The van der Waals surface area contributed by atoms with Crippen molar-refractivity contribution in [2.75, 3.05) is 13.2 Å². The molecule has 0 heterocycles. The minimum absolute atomic E-state index is 0.114. The van der Waals surface area contributed by atoms with Gasteiger partial charge in [0.05, 0.1) is 0 Å². The fourth-order valence-corrected chi connectivity index (χ4v) is 10.1. The Morgan fingerprint density at radius 3 is 1.23 bits per heavy atom. The van der Waals surface area contributed by atoms with E-state index in [-0.39, 0.29) is 24.7 Å². The maximum absolute atomic E-state index is 10.0. The summed E-state index contributed by atoms with van der Waals surface area (Å²) in [6.45, 7) is -3.86. The van der Waals surface area contributed by atoms with Gasteiger partial charge in [0, 0.05) is 0 Å². The zero-order chi connectivity index (χ0) is 21.8. The third-order valence-electron chi connectivity index (χ3n) is 5.62. The van der Waals surface area contributed by atoms with Gasteiger partial charge in [-0.15, -0.1) is 0 Å². The molecule has 3 N–H and O–H groups in total. The van der Waals surface area contributed by atoms with E-state index in [1.54, 1.807) is 24.3 Å². The fraction of sp³-hybridized carbons (Fsp3) is 0.0769. The van der Waals surface area contributed by atoms with Gasteiger partial charge in [0.15, 0.2) is 0 Å². The Balaban J connectivity index is 2.25. The Bertz CT molecular complexity index is 1040. The van der Waals surface area contributed by atoms with Crippen LogP contribution in [0.25, 0.3) is 0 Å². The predicted octanol–water partition coefficient (Wildman–Crippen LogP) is 3.18. The standard InChI is InChI=1S/C26H25O4P/c27-19-20-30-31(23-7-3-1-4-8-23,24-9-5-2-6-10-24,25-15-11-21(28)12-16-25)26-17-13-22(29)14-18-26/h1-18,27-29H,19-20H2. The molecule has 0 aliphatic heterocycles. The molecule has 0 aliphatic carbocycles. The van der Waals surface area contributed by atoms with E-state index in [1.165, 1.54) is 0 Å². The molecule has 0 bridgehead atoms. The van der Waals surface area contributed by atoms with Gasteiger partial charge in [-0.05, 0) is 0 Å². The summed E-state index contributed by atoms with van der Waals surface area (Å²) in [5.41, 5.74) is 0. The molecule has 4 rings (SSSR count). The van der Waals surface area contributed by atoms with E-state index < -0.39 is 6.83 Å². The van der Waals surface area contributed by atoms with Gasteiger partial charge in [-0.3, -0.25) is 0 Å².